The molecule has 0 spiro atoms. The van der Waals surface area contributed by atoms with Crippen molar-refractivity contribution in [3.8, 4) is 0 Å². The number of halogens is 4. The van der Waals surface area contributed by atoms with Gasteiger partial charge in [-0.25, -0.2) is 16.8 Å². The maximum atomic E-state index is 11.2. The van der Waals surface area contributed by atoms with Crippen molar-refractivity contribution in [3.05, 3.63) is 68.4 Å². The molecule has 248 valence electrons. The first-order valence-corrected chi connectivity index (χ1v) is 19.2. The fourth-order valence-electron chi connectivity index (χ4n) is 5.86. The number of benzene rings is 2. The van der Waals surface area contributed by atoms with Gasteiger partial charge in [0, 0.05) is 37.2 Å². The van der Waals surface area contributed by atoms with Gasteiger partial charge in [0.25, 0.3) is 0 Å². The summed E-state index contributed by atoms with van der Waals surface area (Å²) < 4.78 is 67.0. The molecule has 0 aromatic heterocycles. The molecule has 2 unspecified atom stereocenters. The number of allylic oxidation sites excluding steroid dienone is 2. The van der Waals surface area contributed by atoms with Gasteiger partial charge in [0.2, 0.25) is 0 Å². The third-order valence-electron chi connectivity index (χ3n) is 7.84. The van der Waals surface area contributed by atoms with Crippen LogP contribution < -0.4 is 49.2 Å². The number of anilines is 3. The Bertz CT molecular complexity index is 1700. The first-order chi connectivity index (χ1) is 21.1. The van der Waals surface area contributed by atoms with Gasteiger partial charge in [-0.1, -0.05) is 52.5 Å². The summed E-state index contributed by atoms with van der Waals surface area (Å²) in [6, 6.07) is 7.25. The zero-order chi connectivity index (χ0) is 33.1. The average molecular weight is 766 g/mol. The molecule has 4 rings (SSSR count). The molecule has 46 heavy (non-hydrogen) atoms. The van der Waals surface area contributed by atoms with E-state index in [1.807, 2.05) is 36.1 Å². The Hall–Kier alpha value is -0.740. The Morgan fingerprint density at radius 2 is 1.28 bits per heavy atom. The number of nitrogens with zero attached hydrogens (tertiary/aromatic N) is 3. The SMILES string of the molecule is CCN1/C(=C/C=C/C2N(CCCCS(=O)(=O)[O-])c3cc(Cl)c(Cl)cc3[NH+]2CC)N(CCCCS(=O)(=O)[O-])c2cc(Cl)c(Cl)cc21.[H+].[Na+]. The molecule has 1 N–H and O–H groups in total. The molecule has 17 heteroatoms. The van der Waals surface area contributed by atoms with Gasteiger partial charge in [0.05, 0.1) is 58.2 Å². The van der Waals surface area contributed by atoms with E-state index in [9.17, 15) is 25.9 Å². The molecule has 0 bridgehead atoms. The molecule has 0 saturated heterocycles. The number of hydrogen-bond acceptors (Lipinski definition) is 9. The predicted octanol–water partition coefficient (Wildman–Crippen LogP) is 2.49. The minimum Gasteiger partial charge on any atom is -0.748 e. The first-order valence-electron chi connectivity index (χ1n) is 14.6. The van der Waals surface area contributed by atoms with Crippen LogP contribution in [0.2, 0.25) is 20.1 Å². The zero-order valence-electron chi connectivity index (χ0n) is 26.8. The monoisotopic (exact) mass is 763 g/mol. The average Bonchev–Trinajstić information content (AvgIpc) is 3.38. The molecule has 2 atom stereocenters. The Balaban J connectivity index is 0.00000384. The van der Waals surface area contributed by atoms with Crippen molar-refractivity contribution in [2.75, 3.05) is 52.4 Å². The van der Waals surface area contributed by atoms with Crippen LogP contribution in [0.25, 0.3) is 0 Å². The van der Waals surface area contributed by atoms with E-state index >= 15 is 0 Å². The molecule has 2 aliphatic rings. The molecule has 2 aliphatic heterocycles. The van der Waals surface area contributed by atoms with E-state index in [0.29, 0.717) is 52.6 Å². The van der Waals surface area contributed by atoms with Gasteiger partial charge in [-0.3, -0.25) is 4.90 Å². The van der Waals surface area contributed by atoms with Crippen molar-refractivity contribution in [1.29, 1.82) is 0 Å². The Kier molecular flexibility index (Phi) is 14.5. The summed E-state index contributed by atoms with van der Waals surface area (Å²) in [5, 5.41) is 1.64. The van der Waals surface area contributed by atoms with E-state index < -0.39 is 31.7 Å². The molecule has 0 amide bonds. The van der Waals surface area contributed by atoms with E-state index in [0.717, 1.165) is 40.0 Å². The summed E-state index contributed by atoms with van der Waals surface area (Å²) in [4.78, 5) is 7.38. The number of nitrogens with one attached hydrogen (secondary N) is 1. The zero-order valence-corrected chi connectivity index (χ0v) is 32.5. The fourth-order valence-corrected chi connectivity index (χ4v) is 7.61. The molecule has 0 saturated carbocycles. The van der Waals surface area contributed by atoms with Crippen LogP contribution in [0.1, 0.15) is 41.0 Å². The Morgan fingerprint density at radius 1 is 0.783 bits per heavy atom. The second-order valence-electron chi connectivity index (χ2n) is 10.8. The van der Waals surface area contributed by atoms with Crippen LogP contribution in [-0.2, 0) is 20.2 Å². The van der Waals surface area contributed by atoms with Crippen molar-refractivity contribution < 1.29 is 61.8 Å². The summed E-state index contributed by atoms with van der Waals surface area (Å²) in [7, 11) is -8.62. The topological polar surface area (TPSA) is 129 Å². The summed E-state index contributed by atoms with van der Waals surface area (Å²) in [6.07, 6.45) is 7.18. The second kappa shape index (κ2) is 16.8. The van der Waals surface area contributed by atoms with Crippen molar-refractivity contribution in [3.63, 3.8) is 0 Å². The van der Waals surface area contributed by atoms with Crippen LogP contribution in [0.15, 0.2) is 48.3 Å². The Labute approximate surface area is 315 Å². The number of unbranched alkanes of at least 4 members (excludes halogenated alkanes) is 2. The third kappa shape index (κ3) is 9.70. The second-order valence-corrected chi connectivity index (χ2v) is 15.5. The first kappa shape index (κ1) is 39.7. The number of likely N-dealkylation sites (N-methyl/N-ethyl adjacent to an activating group) is 1. The molecule has 2 aromatic carbocycles. The van der Waals surface area contributed by atoms with Gasteiger partial charge in [0.1, 0.15) is 11.5 Å². The van der Waals surface area contributed by atoms with Crippen LogP contribution in [0.4, 0.5) is 22.7 Å². The molecule has 0 fully saturated rings. The molecular weight excluding hydrogens is 729 g/mol. The van der Waals surface area contributed by atoms with Crippen molar-refractivity contribution in [2.45, 2.75) is 45.7 Å². The van der Waals surface area contributed by atoms with Gasteiger partial charge in [-0.2, -0.15) is 0 Å². The van der Waals surface area contributed by atoms with Crippen LogP contribution in [-0.4, -0.2) is 69.8 Å². The maximum Gasteiger partial charge on any atom is 1.00 e. The quantitative estimate of drug-likeness (QED) is 0.175. The van der Waals surface area contributed by atoms with Gasteiger partial charge in [0.15, 0.2) is 11.9 Å². The smallest absolute Gasteiger partial charge is 0.748 e. The van der Waals surface area contributed by atoms with E-state index in [4.69, 9.17) is 46.4 Å². The van der Waals surface area contributed by atoms with E-state index in [-0.39, 0.29) is 50.0 Å². The third-order valence-corrected chi connectivity index (χ3v) is 10.9. The van der Waals surface area contributed by atoms with Crippen molar-refractivity contribution in [1.82, 2.24) is 0 Å². The number of hydrogen-bond donors (Lipinski definition) is 1. The minimum atomic E-state index is -4.31. The van der Waals surface area contributed by atoms with Crippen LogP contribution in [0.3, 0.4) is 0 Å². The summed E-state index contributed by atoms with van der Waals surface area (Å²) in [5.74, 6) is -0.0307. The molecule has 0 aliphatic carbocycles. The number of rotatable bonds is 14. The van der Waals surface area contributed by atoms with Crippen LogP contribution in [0, 0.1) is 0 Å². The molecular formula is C29H36Cl4N4NaO6S2+. The summed E-state index contributed by atoms with van der Waals surface area (Å²) in [5.41, 5.74) is 3.53. The molecule has 2 heterocycles. The van der Waals surface area contributed by atoms with Gasteiger partial charge in [-0.05, 0) is 69.9 Å². The maximum absolute atomic E-state index is 11.2. The van der Waals surface area contributed by atoms with Gasteiger partial charge in [-0.15, -0.1) is 0 Å². The summed E-state index contributed by atoms with van der Waals surface area (Å²) >= 11 is 25.6. The van der Waals surface area contributed by atoms with Crippen molar-refractivity contribution >= 4 is 89.4 Å². The normalized spacial score (nSPS) is 18.9. The molecule has 10 nitrogen and oxygen atoms in total. The van der Waals surface area contributed by atoms with Crippen LogP contribution >= 0.6 is 46.4 Å². The predicted molar refractivity (Wildman–Crippen MR) is 182 cm³/mol. The van der Waals surface area contributed by atoms with Gasteiger partial charge < -0.3 is 23.8 Å². The standard InChI is InChI=1S/C29H36Cl4N4O6S2.Na/c1-3-34-24-16-20(30)22(32)18-26(24)36(12-5-7-14-44(38,39)40)28(34)10-9-11-29-35(4-2)25-17-21(31)23(33)19-27(25)37(29)13-6-8-15-45(41,42)43;/h9-11,16-19,28H,3-8,12-15H2,1-2H3,(H,38,39,40)(H,41,42,43);/q;+1/b10-9+,29-11-;. The number of fused-ring (bicyclic) bond motifs is 2. The van der Waals surface area contributed by atoms with Crippen molar-refractivity contribution in [2.24, 2.45) is 0 Å². The molecule has 2 aromatic rings. The largest absolute Gasteiger partial charge is 1.00 e. The summed E-state index contributed by atoms with van der Waals surface area (Å²) in [6.45, 7) is 6.34. The van der Waals surface area contributed by atoms with Crippen LogP contribution in [0.5, 0.6) is 0 Å². The molecule has 0 radical (unpaired) electrons. The Morgan fingerprint density at radius 3 is 1.80 bits per heavy atom. The number of quaternary nitrogens is 1. The minimum absolute atomic E-state index is 0. The van der Waals surface area contributed by atoms with Gasteiger partial charge >= 0.3 is 31.0 Å². The fraction of sp³-hybridized carbons (Fsp3) is 0.448. The van der Waals surface area contributed by atoms with E-state index in [1.54, 1.807) is 12.1 Å². The van der Waals surface area contributed by atoms with E-state index in [1.165, 1.54) is 0 Å². The van der Waals surface area contributed by atoms with E-state index in [2.05, 4.69) is 22.8 Å².